The maximum Gasteiger partial charge on any atom is 0.214 e. The van der Waals surface area contributed by atoms with Crippen molar-refractivity contribution in [3.8, 4) is 5.88 Å². The number of rotatable bonds is 3. The molecule has 0 aliphatic heterocycles. The van der Waals surface area contributed by atoms with Gasteiger partial charge in [0.05, 0.1) is 11.0 Å². The molecule has 0 aliphatic rings. The number of nitrogens with zero attached hydrogens (tertiary/aromatic N) is 1. The second kappa shape index (κ2) is 4.29. The quantitative estimate of drug-likeness (QED) is 0.742. The largest absolute Gasteiger partial charge is 0.473 e. The van der Waals surface area contributed by atoms with Crippen LogP contribution in [-0.4, -0.2) is 9.97 Å². The molecule has 0 spiro atoms. The summed E-state index contributed by atoms with van der Waals surface area (Å²) < 4.78 is 5.64. The summed E-state index contributed by atoms with van der Waals surface area (Å²) in [6, 6.07) is 15.9. The van der Waals surface area contributed by atoms with E-state index in [2.05, 4.69) is 9.97 Å². The topological polar surface area (TPSA) is 37.9 Å². The molecule has 2 heterocycles. The standard InChI is InChI=1S/C14H12N2O/c1-2-4-11(5-3-1)10-17-14-7-6-12-13(16-14)8-9-15-12/h1-9,15H,10H2. The van der Waals surface area contributed by atoms with Gasteiger partial charge < -0.3 is 9.72 Å². The van der Waals surface area contributed by atoms with Gasteiger partial charge in [0, 0.05) is 12.3 Å². The molecule has 2 aromatic heterocycles. The van der Waals surface area contributed by atoms with Gasteiger partial charge in [0.2, 0.25) is 5.88 Å². The van der Waals surface area contributed by atoms with E-state index in [-0.39, 0.29) is 0 Å². The zero-order valence-corrected chi connectivity index (χ0v) is 9.26. The third-order valence-electron chi connectivity index (χ3n) is 2.61. The molecule has 0 atom stereocenters. The van der Waals surface area contributed by atoms with E-state index in [4.69, 9.17) is 4.74 Å². The maximum atomic E-state index is 5.64. The Morgan fingerprint density at radius 2 is 1.88 bits per heavy atom. The highest BCUT2D eigenvalue weighted by Crippen LogP contribution is 2.15. The molecular formula is C14H12N2O. The minimum Gasteiger partial charge on any atom is -0.473 e. The summed E-state index contributed by atoms with van der Waals surface area (Å²) in [7, 11) is 0. The van der Waals surface area contributed by atoms with E-state index in [1.165, 1.54) is 0 Å². The van der Waals surface area contributed by atoms with Gasteiger partial charge in [0.1, 0.15) is 6.61 Å². The third-order valence-corrected chi connectivity index (χ3v) is 2.61. The van der Waals surface area contributed by atoms with Crippen LogP contribution in [-0.2, 0) is 6.61 Å². The van der Waals surface area contributed by atoms with Crippen LogP contribution in [0.4, 0.5) is 0 Å². The first-order valence-electron chi connectivity index (χ1n) is 5.53. The summed E-state index contributed by atoms with van der Waals surface area (Å²) in [6.07, 6.45) is 1.87. The van der Waals surface area contributed by atoms with Crippen molar-refractivity contribution in [2.45, 2.75) is 6.61 Å². The number of nitrogens with one attached hydrogen (secondary N) is 1. The van der Waals surface area contributed by atoms with Crippen molar-refractivity contribution in [1.29, 1.82) is 0 Å². The van der Waals surface area contributed by atoms with E-state index >= 15 is 0 Å². The average molecular weight is 224 g/mol. The molecular weight excluding hydrogens is 212 g/mol. The van der Waals surface area contributed by atoms with Crippen LogP contribution in [0.2, 0.25) is 0 Å². The van der Waals surface area contributed by atoms with Crippen LogP contribution in [0, 0.1) is 0 Å². The lowest BCUT2D eigenvalue weighted by molar-refractivity contribution is 0.295. The van der Waals surface area contributed by atoms with Crippen molar-refractivity contribution in [1.82, 2.24) is 9.97 Å². The molecule has 1 aromatic carbocycles. The second-order valence-corrected chi connectivity index (χ2v) is 3.83. The minimum atomic E-state index is 0.545. The Balaban J connectivity index is 1.76. The zero-order valence-electron chi connectivity index (χ0n) is 9.26. The summed E-state index contributed by atoms with van der Waals surface area (Å²) in [6.45, 7) is 0.545. The fourth-order valence-electron chi connectivity index (χ4n) is 1.73. The molecule has 3 rings (SSSR count). The van der Waals surface area contributed by atoms with E-state index < -0.39 is 0 Å². The maximum absolute atomic E-state index is 5.64. The number of fused-ring (bicyclic) bond motifs is 1. The number of ether oxygens (including phenoxy) is 1. The van der Waals surface area contributed by atoms with Crippen molar-refractivity contribution < 1.29 is 4.74 Å². The van der Waals surface area contributed by atoms with Gasteiger partial charge in [-0.3, -0.25) is 0 Å². The number of hydrogen-bond donors (Lipinski definition) is 1. The molecule has 0 radical (unpaired) electrons. The minimum absolute atomic E-state index is 0.545. The number of H-pyrrole nitrogens is 1. The smallest absolute Gasteiger partial charge is 0.214 e. The average Bonchev–Trinajstić information content (AvgIpc) is 2.85. The number of aromatic amines is 1. The van der Waals surface area contributed by atoms with Crippen molar-refractivity contribution in [2.75, 3.05) is 0 Å². The van der Waals surface area contributed by atoms with E-state index in [9.17, 15) is 0 Å². The molecule has 0 saturated heterocycles. The molecule has 0 unspecified atom stereocenters. The van der Waals surface area contributed by atoms with Crippen molar-refractivity contribution in [3.63, 3.8) is 0 Å². The number of aromatic nitrogens is 2. The van der Waals surface area contributed by atoms with Gasteiger partial charge in [0.25, 0.3) is 0 Å². The van der Waals surface area contributed by atoms with Crippen LogP contribution in [0.5, 0.6) is 5.88 Å². The van der Waals surface area contributed by atoms with E-state index in [0.29, 0.717) is 12.5 Å². The monoisotopic (exact) mass is 224 g/mol. The van der Waals surface area contributed by atoms with Crippen LogP contribution in [0.25, 0.3) is 11.0 Å². The Morgan fingerprint density at radius 1 is 1.00 bits per heavy atom. The first kappa shape index (κ1) is 9.90. The molecule has 84 valence electrons. The predicted molar refractivity (Wildman–Crippen MR) is 66.9 cm³/mol. The molecule has 0 bridgehead atoms. The van der Waals surface area contributed by atoms with Crippen LogP contribution >= 0.6 is 0 Å². The number of pyridine rings is 1. The van der Waals surface area contributed by atoms with Gasteiger partial charge in [-0.05, 0) is 17.7 Å². The Kier molecular flexibility index (Phi) is 2.50. The zero-order chi connectivity index (χ0) is 11.5. The summed E-state index contributed by atoms with van der Waals surface area (Å²) in [4.78, 5) is 7.50. The molecule has 1 N–H and O–H groups in total. The van der Waals surface area contributed by atoms with Crippen LogP contribution < -0.4 is 4.74 Å². The molecule has 0 amide bonds. The number of hydrogen-bond acceptors (Lipinski definition) is 2. The second-order valence-electron chi connectivity index (χ2n) is 3.83. The summed E-state index contributed by atoms with van der Waals surface area (Å²) in [5, 5.41) is 0. The van der Waals surface area contributed by atoms with Crippen LogP contribution in [0.3, 0.4) is 0 Å². The lowest BCUT2D eigenvalue weighted by Crippen LogP contribution is -1.96. The van der Waals surface area contributed by atoms with Gasteiger partial charge in [-0.2, -0.15) is 0 Å². The lowest BCUT2D eigenvalue weighted by Gasteiger charge is -2.04. The fourth-order valence-corrected chi connectivity index (χ4v) is 1.73. The van der Waals surface area contributed by atoms with Crippen molar-refractivity contribution in [2.24, 2.45) is 0 Å². The Bertz CT molecular complexity index is 616. The molecule has 3 aromatic rings. The van der Waals surface area contributed by atoms with E-state index in [1.54, 1.807) is 0 Å². The van der Waals surface area contributed by atoms with E-state index in [1.807, 2.05) is 54.7 Å². The highest BCUT2D eigenvalue weighted by molar-refractivity contribution is 5.75. The van der Waals surface area contributed by atoms with Gasteiger partial charge >= 0.3 is 0 Å². The lowest BCUT2D eigenvalue weighted by atomic mass is 10.2. The highest BCUT2D eigenvalue weighted by atomic mass is 16.5. The van der Waals surface area contributed by atoms with Gasteiger partial charge in [0.15, 0.2) is 0 Å². The molecule has 0 fully saturated rings. The first-order valence-corrected chi connectivity index (χ1v) is 5.53. The van der Waals surface area contributed by atoms with Gasteiger partial charge in [-0.25, -0.2) is 4.98 Å². The molecule has 3 nitrogen and oxygen atoms in total. The molecule has 0 aliphatic carbocycles. The van der Waals surface area contributed by atoms with Gasteiger partial charge in [-0.15, -0.1) is 0 Å². The Morgan fingerprint density at radius 3 is 2.76 bits per heavy atom. The van der Waals surface area contributed by atoms with E-state index in [0.717, 1.165) is 16.6 Å². The van der Waals surface area contributed by atoms with Crippen molar-refractivity contribution in [3.05, 3.63) is 60.3 Å². The fraction of sp³-hybridized carbons (Fsp3) is 0.0714. The molecule has 17 heavy (non-hydrogen) atoms. The normalized spacial score (nSPS) is 10.6. The molecule has 0 saturated carbocycles. The summed E-state index contributed by atoms with van der Waals surface area (Å²) >= 11 is 0. The van der Waals surface area contributed by atoms with Crippen molar-refractivity contribution >= 4 is 11.0 Å². The highest BCUT2D eigenvalue weighted by Gasteiger charge is 2.00. The predicted octanol–water partition coefficient (Wildman–Crippen LogP) is 3.14. The van der Waals surface area contributed by atoms with Gasteiger partial charge in [-0.1, -0.05) is 30.3 Å². The summed E-state index contributed by atoms with van der Waals surface area (Å²) in [5.41, 5.74) is 3.09. The SMILES string of the molecule is c1ccc(COc2ccc3[nH]ccc3n2)cc1. The Labute approximate surface area is 99.1 Å². The Hall–Kier alpha value is -2.29. The first-order chi connectivity index (χ1) is 8.42. The van der Waals surface area contributed by atoms with Crippen LogP contribution in [0.15, 0.2) is 54.7 Å². The summed E-state index contributed by atoms with van der Waals surface area (Å²) in [5.74, 6) is 0.654. The number of benzene rings is 1. The third kappa shape index (κ3) is 2.13. The van der Waals surface area contributed by atoms with Crippen LogP contribution in [0.1, 0.15) is 5.56 Å². The molecule has 3 heteroatoms.